The van der Waals surface area contributed by atoms with Gasteiger partial charge in [0.25, 0.3) is 0 Å². The molecule has 0 spiro atoms. The first-order valence-electron chi connectivity index (χ1n) is 11.9. The van der Waals surface area contributed by atoms with Crippen molar-refractivity contribution in [3.05, 3.63) is 90.5 Å². The summed E-state index contributed by atoms with van der Waals surface area (Å²) in [6.07, 6.45) is 5.78. The van der Waals surface area contributed by atoms with Crippen LogP contribution in [0.4, 0.5) is 5.82 Å². The van der Waals surface area contributed by atoms with E-state index in [1.54, 1.807) is 0 Å². The van der Waals surface area contributed by atoms with E-state index in [9.17, 15) is 0 Å². The van der Waals surface area contributed by atoms with Gasteiger partial charge in [0.15, 0.2) is 0 Å². The summed E-state index contributed by atoms with van der Waals surface area (Å²) >= 11 is 0. The van der Waals surface area contributed by atoms with Crippen molar-refractivity contribution in [2.75, 3.05) is 5.32 Å². The highest BCUT2D eigenvalue weighted by atomic mass is 16.5. The molecule has 3 aromatic carbocycles. The number of fused-ring (bicyclic) bond motifs is 1. The van der Waals surface area contributed by atoms with Gasteiger partial charge in [-0.1, -0.05) is 67.6 Å². The van der Waals surface area contributed by atoms with Gasteiger partial charge < -0.3 is 10.1 Å². The number of benzene rings is 3. The summed E-state index contributed by atoms with van der Waals surface area (Å²) in [4.78, 5) is 14.3. The lowest BCUT2D eigenvalue weighted by atomic mass is 10.0. The molecular weight excluding hydrogens is 420 g/mol. The number of aliphatic imine (C=N–C) groups is 1. The average molecular weight is 447 g/mol. The Bertz CT molecular complexity index is 1410. The first-order valence-corrected chi connectivity index (χ1v) is 11.9. The molecule has 0 bridgehead atoms. The van der Waals surface area contributed by atoms with E-state index in [1.165, 1.54) is 23.8 Å². The van der Waals surface area contributed by atoms with Gasteiger partial charge in [-0.15, -0.1) is 0 Å². The molecule has 34 heavy (non-hydrogen) atoms. The highest BCUT2D eigenvalue weighted by Gasteiger charge is 2.33. The molecule has 1 atom stereocenters. The van der Waals surface area contributed by atoms with Crippen molar-refractivity contribution in [1.29, 1.82) is 0 Å². The minimum atomic E-state index is 0.277. The van der Waals surface area contributed by atoms with Crippen LogP contribution in [0.25, 0.3) is 22.0 Å². The lowest BCUT2D eigenvalue weighted by Crippen LogP contribution is -2.10. The van der Waals surface area contributed by atoms with Crippen molar-refractivity contribution in [3.63, 3.8) is 0 Å². The Morgan fingerprint density at radius 2 is 1.68 bits per heavy atom. The smallest absolute Gasteiger partial charge is 0.324 e. The molecule has 4 aromatic rings. The summed E-state index contributed by atoms with van der Waals surface area (Å²) in [7, 11) is 0. The van der Waals surface area contributed by atoms with E-state index in [4.69, 9.17) is 14.7 Å². The summed E-state index contributed by atoms with van der Waals surface area (Å²) in [5, 5.41) is 5.70. The Balaban J connectivity index is 1.34. The first-order chi connectivity index (χ1) is 16.7. The average Bonchev–Trinajstić information content (AvgIpc) is 3.64. The number of ether oxygens (including phenoxy) is 1. The standard InChI is InChI=1S/C29H26N4O/c1-2-25-24(20-12-13-20)17-27(30-25)32-28-18-26(21-9-4-3-5-10-21)31-29(33-28)34-23-15-14-19-8-6-7-11-22(19)16-23/h3-11,14-18,20,25H,2,12-13H2,1H3,(H,30,31,32,33). The third-order valence-corrected chi connectivity index (χ3v) is 6.38. The molecule has 1 fully saturated rings. The van der Waals surface area contributed by atoms with E-state index in [1.807, 2.05) is 66.7 Å². The Hall–Kier alpha value is -3.99. The Morgan fingerprint density at radius 1 is 0.882 bits per heavy atom. The van der Waals surface area contributed by atoms with Crippen LogP contribution in [0.3, 0.4) is 0 Å². The third kappa shape index (κ3) is 4.29. The molecular formula is C29H26N4O. The number of aromatic nitrogens is 2. The van der Waals surface area contributed by atoms with Gasteiger partial charge in [0.2, 0.25) is 0 Å². The monoisotopic (exact) mass is 446 g/mol. The van der Waals surface area contributed by atoms with Crippen LogP contribution in [-0.4, -0.2) is 21.8 Å². The second kappa shape index (κ2) is 8.75. The van der Waals surface area contributed by atoms with Crippen molar-refractivity contribution >= 4 is 22.4 Å². The fraction of sp³-hybridized carbons (Fsp3) is 0.207. The SMILES string of the molecule is CCC1N=C(Nc2cc(-c3ccccc3)nc(Oc3ccc4ccccc4c3)n2)C=C1C1CC1. The van der Waals surface area contributed by atoms with Gasteiger partial charge in [-0.3, -0.25) is 4.99 Å². The first kappa shape index (κ1) is 20.6. The van der Waals surface area contributed by atoms with Crippen LogP contribution in [0.15, 0.2) is 95.5 Å². The number of hydrogen-bond acceptors (Lipinski definition) is 5. The van der Waals surface area contributed by atoms with Crippen molar-refractivity contribution < 1.29 is 4.74 Å². The molecule has 0 radical (unpaired) electrons. The summed E-state index contributed by atoms with van der Waals surface area (Å²) in [5.74, 6) is 2.94. The number of nitrogens with one attached hydrogen (secondary N) is 1. The number of amidine groups is 1. The molecule has 1 aliphatic carbocycles. The van der Waals surface area contributed by atoms with Crippen molar-refractivity contribution in [2.45, 2.75) is 32.2 Å². The molecule has 1 unspecified atom stereocenters. The molecule has 5 nitrogen and oxygen atoms in total. The highest BCUT2D eigenvalue weighted by Crippen LogP contribution is 2.41. The molecule has 168 valence electrons. The van der Waals surface area contributed by atoms with E-state index in [-0.39, 0.29) is 6.04 Å². The zero-order valence-corrected chi connectivity index (χ0v) is 19.1. The largest absolute Gasteiger partial charge is 0.424 e. The molecule has 2 heterocycles. The minimum absolute atomic E-state index is 0.277. The van der Waals surface area contributed by atoms with Crippen LogP contribution in [-0.2, 0) is 0 Å². The van der Waals surface area contributed by atoms with Crippen LogP contribution in [0, 0.1) is 5.92 Å². The van der Waals surface area contributed by atoms with Gasteiger partial charge in [0.05, 0.1) is 11.7 Å². The van der Waals surface area contributed by atoms with Gasteiger partial charge in [0, 0.05) is 11.6 Å². The van der Waals surface area contributed by atoms with Gasteiger partial charge in [-0.05, 0) is 59.7 Å². The normalized spacial score (nSPS) is 17.4. The quantitative estimate of drug-likeness (QED) is 0.345. The van der Waals surface area contributed by atoms with E-state index >= 15 is 0 Å². The lowest BCUT2D eigenvalue weighted by Gasteiger charge is -2.11. The fourth-order valence-corrected chi connectivity index (χ4v) is 4.49. The van der Waals surface area contributed by atoms with Crippen molar-refractivity contribution in [3.8, 4) is 23.0 Å². The molecule has 1 saturated carbocycles. The Morgan fingerprint density at radius 3 is 2.47 bits per heavy atom. The third-order valence-electron chi connectivity index (χ3n) is 6.38. The topological polar surface area (TPSA) is 59.4 Å². The molecule has 1 aliphatic heterocycles. The van der Waals surface area contributed by atoms with Crippen molar-refractivity contribution in [1.82, 2.24) is 9.97 Å². The molecule has 0 amide bonds. The van der Waals surface area contributed by atoms with E-state index in [0.717, 1.165) is 28.9 Å². The zero-order valence-electron chi connectivity index (χ0n) is 19.1. The van der Waals surface area contributed by atoms with Crippen LogP contribution in [0.1, 0.15) is 26.2 Å². The molecule has 1 N–H and O–H groups in total. The summed E-state index contributed by atoms with van der Waals surface area (Å²) in [6, 6.07) is 26.8. The number of hydrogen-bond donors (Lipinski definition) is 1. The van der Waals surface area contributed by atoms with Gasteiger partial charge >= 0.3 is 6.01 Å². The second-order valence-corrected chi connectivity index (χ2v) is 8.88. The summed E-state index contributed by atoms with van der Waals surface area (Å²) < 4.78 is 6.15. The maximum Gasteiger partial charge on any atom is 0.324 e. The maximum absolute atomic E-state index is 6.15. The molecule has 6 rings (SSSR count). The second-order valence-electron chi connectivity index (χ2n) is 8.88. The van der Waals surface area contributed by atoms with Crippen LogP contribution < -0.4 is 10.1 Å². The highest BCUT2D eigenvalue weighted by molar-refractivity contribution is 6.05. The Labute approximate surface area is 199 Å². The Kier molecular flexibility index (Phi) is 5.30. The lowest BCUT2D eigenvalue weighted by molar-refractivity contribution is 0.444. The number of nitrogens with zero attached hydrogens (tertiary/aromatic N) is 3. The fourth-order valence-electron chi connectivity index (χ4n) is 4.49. The van der Waals surface area contributed by atoms with Crippen LogP contribution >= 0.6 is 0 Å². The maximum atomic E-state index is 6.15. The van der Waals surface area contributed by atoms with Crippen LogP contribution in [0.2, 0.25) is 0 Å². The number of anilines is 1. The van der Waals surface area contributed by atoms with Gasteiger partial charge in [-0.2, -0.15) is 9.97 Å². The number of rotatable bonds is 6. The summed E-state index contributed by atoms with van der Waals surface area (Å²) in [5.41, 5.74) is 3.26. The van der Waals surface area contributed by atoms with Crippen LogP contribution in [0.5, 0.6) is 11.8 Å². The molecule has 5 heteroatoms. The van der Waals surface area contributed by atoms with Gasteiger partial charge in [0.1, 0.15) is 17.4 Å². The summed E-state index contributed by atoms with van der Waals surface area (Å²) in [6.45, 7) is 2.20. The molecule has 2 aliphatic rings. The van der Waals surface area contributed by atoms with E-state index in [0.29, 0.717) is 23.5 Å². The van der Waals surface area contributed by atoms with E-state index < -0.39 is 0 Å². The minimum Gasteiger partial charge on any atom is -0.424 e. The van der Waals surface area contributed by atoms with Crippen molar-refractivity contribution in [2.24, 2.45) is 10.9 Å². The van der Waals surface area contributed by atoms with E-state index in [2.05, 4.69) is 35.4 Å². The predicted molar refractivity (Wildman–Crippen MR) is 137 cm³/mol. The predicted octanol–water partition coefficient (Wildman–Crippen LogP) is 7.03. The zero-order chi connectivity index (χ0) is 22.9. The molecule has 1 aromatic heterocycles. The molecule has 0 saturated heterocycles. The van der Waals surface area contributed by atoms with Gasteiger partial charge in [-0.25, -0.2) is 0 Å².